The van der Waals surface area contributed by atoms with Gasteiger partial charge in [0.2, 0.25) is 0 Å². The summed E-state index contributed by atoms with van der Waals surface area (Å²) < 4.78 is 5.73. The van der Waals surface area contributed by atoms with Crippen LogP contribution in [0.2, 0.25) is 0 Å². The van der Waals surface area contributed by atoms with Crippen molar-refractivity contribution in [2.75, 3.05) is 40.3 Å². The molecule has 1 aromatic carbocycles. The van der Waals surface area contributed by atoms with Gasteiger partial charge in [-0.25, -0.2) is 0 Å². The fourth-order valence-corrected chi connectivity index (χ4v) is 2.63. The molecule has 0 amide bonds. The maximum Gasteiger partial charge on any atom is 0.137 e. The number of para-hydroxylation sites is 1. The van der Waals surface area contributed by atoms with Crippen LogP contribution in [0.25, 0.3) is 0 Å². The highest BCUT2D eigenvalue weighted by molar-refractivity contribution is 5.42. The number of nitriles is 1. The van der Waals surface area contributed by atoms with E-state index in [0.717, 1.165) is 19.6 Å². The lowest BCUT2D eigenvalue weighted by molar-refractivity contribution is 0.128. The number of benzene rings is 1. The molecule has 20 heavy (non-hydrogen) atoms. The van der Waals surface area contributed by atoms with Gasteiger partial charge < -0.3 is 9.64 Å². The van der Waals surface area contributed by atoms with Crippen molar-refractivity contribution >= 4 is 0 Å². The van der Waals surface area contributed by atoms with Crippen LogP contribution in [0.15, 0.2) is 24.3 Å². The molecule has 1 aliphatic heterocycles. The molecule has 1 aliphatic rings. The monoisotopic (exact) mass is 273 g/mol. The van der Waals surface area contributed by atoms with Gasteiger partial charge in [-0.2, -0.15) is 5.26 Å². The topological polar surface area (TPSA) is 39.5 Å². The van der Waals surface area contributed by atoms with Crippen LogP contribution in [0.1, 0.15) is 18.4 Å². The van der Waals surface area contributed by atoms with E-state index in [1.807, 2.05) is 18.2 Å². The molecular weight excluding hydrogens is 250 g/mol. The van der Waals surface area contributed by atoms with Crippen LogP contribution >= 0.6 is 0 Å². The van der Waals surface area contributed by atoms with Gasteiger partial charge in [0, 0.05) is 12.6 Å². The lowest BCUT2D eigenvalue weighted by atomic mass is 10.0. The second kappa shape index (κ2) is 7.28. The maximum absolute atomic E-state index is 9.00. The van der Waals surface area contributed by atoms with Crippen molar-refractivity contribution < 1.29 is 4.74 Å². The SMILES string of the molecule is CN(C)C1CCN(CCOc2ccccc2C#N)CC1. The van der Waals surface area contributed by atoms with Crippen LogP contribution in [-0.2, 0) is 0 Å². The van der Waals surface area contributed by atoms with Gasteiger partial charge in [-0.05, 0) is 52.2 Å². The summed E-state index contributed by atoms with van der Waals surface area (Å²) in [4.78, 5) is 4.76. The summed E-state index contributed by atoms with van der Waals surface area (Å²) in [7, 11) is 4.31. The Labute approximate surface area is 121 Å². The van der Waals surface area contributed by atoms with Gasteiger partial charge in [0.1, 0.15) is 18.4 Å². The second-order valence-electron chi connectivity index (χ2n) is 5.49. The third kappa shape index (κ3) is 3.96. The zero-order chi connectivity index (χ0) is 14.4. The third-order valence-electron chi connectivity index (χ3n) is 3.96. The predicted octanol–water partition coefficient (Wildman–Crippen LogP) is 1.96. The van der Waals surface area contributed by atoms with Crippen LogP contribution < -0.4 is 4.74 Å². The van der Waals surface area contributed by atoms with Gasteiger partial charge in [-0.1, -0.05) is 12.1 Å². The van der Waals surface area contributed by atoms with Crippen molar-refractivity contribution in [3.63, 3.8) is 0 Å². The zero-order valence-electron chi connectivity index (χ0n) is 12.4. The van der Waals surface area contributed by atoms with E-state index in [1.54, 1.807) is 6.07 Å². The Morgan fingerprint density at radius 3 is 2.65 bits per heavy atom. The average Bonchev–Trinajstić information content (AvgIpc) is 2.48. The summed E-state index contributed by atoms with van der Waals surface area (Å²) in [6.07, 6.45) is 2.45. The molecule has 0 atom stereocenters. The molecule has 0 saturated carbocycles. The number of nitrogens with zero attached hydrogens (tertiary/aromatic N) is 3. The first-order chi connectivity index (χ1) is 9.70. The van der Waals surface area contributed by atoms with Crippen LogP contribution in [0, 0.1) is 11.3 Å². The van der Waals surface area contributed by atoms with Gasteiger partial charge in [-0.3, -0.25) is 4.90 Å². The van der Waals surface area contributed by atoms with E-state index >= 15 is 0 Å². The molecule has 0 aromatic heterocycles. The summed E-state index contributed by atoms with van der Waals surface area (Å²) in [5.74, 6) is 0.693. The molecule has 0 aliphatic carbocycles. The zero-order valence-corrected chi connectivity index (χ0v) is 12.4. The summed E-state index contributed by atoms with van der Waals surface area (Å²) in [6, 6.07) is 10.3. The molecule has 0 radical (unpaired) electrons. The number of hydrogen-bond acceptors (Lipinski definition) is 4. The van der Waals surface area contributed by atoms with E-state index in [-0.39, 0.29) is 0 Å². The predicted molar refractivity (Wildman–Crippen MR) is 79.8 cm³/mol. The van der Waals surface area contributed by atoms with Crippen LogP contribution in [-0.4, -0.2) is 56.2 Å². The van der Waals surface area contributed by atoms with E-state index < -0.39 is 0 Å². The third-order valence-corrected chi connectivity index (χ3v) is 3.96. The molecule has 2 rings (SSSR count). The minimum absolute atomic E-state index is 0.610. The quantitative estimate of drug-likeness (QED) is 0.822. The van der Waals surface area contributed by atoms with Crippen molar-refractivity contribution in [2.45, 2.75) is 18.9 Å². The van der Waals surface area contributed by atoms with Crippen molar-refractivity contribution in [3.8, 4) is 11.8 Å². The fraction of sp³-hybridized carbons (Fsp3) is 0.562. The van der Waals surface area contributed by atoms with E-state index in [4.69, 9.17) is 10.00 Å². The fourth-order valence-electron chi connectivity index (χ4n) is 2.63. The first-order valence-corrected chi connectivity index (χ1v) is 7.21. The largest absolute Gasteiger partial charge is 0.491 e. The van der Waals surface area contributed by atoms with E-state index in [2.05, 4.69) is 30.0 Å². The summed E-state index contributed by atoms with van der Waals surface area (Å²) in [5, 5.41) is 9.00. The summed E-state index contributed by atoms with van der Waals surface area (Å²) in [6.45, 7) is 3.84. The van der Waals surface area contributed by atoms with Crippen molar-refractivity contribution in [3.05, 3.63) is 29.8 Å². The van der Waals surface area contributed by atoms with Crippen LogP contribution in [0.5, 0.6) is 5.75 Å². The van der Waals surface area contributed by atoms with E-state index in [0.29, 0.717) is 24.0 Å². The van der Waals surface area contributed by atoms with Gasteiger partial charge in [0.25, 0.3) is 0 Å². The van der Waals surface area contributed by atoms with Crippen molar-refractivity contribution in [1.29, 1.82) is 5.26 Å². The van der Waals surface area contributed by atoms with Crippen molar-refractivity contribution in [1.82, 2.24) is 9.80 Å². The minimum atomic E-state index is 0.610. The van der Waals surface area contributed by atoms with Gasteiger partial charge in [0.15, 0.2) is 0 Å². The molecule has 1 heterocycles. The highest BCUT2D eigenvalue weighted by Crippen LogP contribution is 2.17. The molecule has 0 spiro atoms. The summed E-state index contributed by atoms with van der Waals surface area (Å²) in [5.41, 5.74) is 0.610. The Bertz CT molecular complexity index is 459. The number of piperidine rings is 1. The number of rotatable bonds is 5. The highest BCUT2D eigenvalue weighted by Gasteiger charge is 2.20. The average molecular weight is 273 g/mol. The van der Waals surface area contributed by atoms with Gasteiger partial charge in [0.05, 0.1) is 5.56 Å². The standard InChI is InChI=1S/C16H23N3O/c1-18(2)15-7-9-19(10-8-15)11-12-20-16-6-4-3-5-14(16)13-17/h3-6,15H,7-12H2,1-2H3. The molecule has 1 saturated heterocycles. The summed E-state index contributed by atoms with van der Waals surface area (Å²) >= 11 is 0. The number of likely N-dealkylation sites (tertiary alicyclic amines) is 1. The first-order valence-electron chi connectivity index (χ1n) is 7.21. The molecule has 108 valence electrons. The Morgan fingerprint density at radius 2 is 2.00 bits per heavy atom. The van der Waals surface area contributed by atoms with E-state index in [9.17, 15) is 0 Å². The molecule has 0 unspecified atom stereocenters. The van der Waals surface area contributed by atoms with E-state index in [1.165, 1.54) is 12.8 Å². The number of hydrogen-bond donors (Lipinski definition) is 0. The smallest absolute Gasteiger partial charge is 0.137 e. The van der Waals surface area contributed by atoms with Crippen LogP contribution in [0.3, 0.4) is 0 Å². The Hall–Kier alpha value is -1.57. The first kappa shape index (κ1) is 14.8. The van der Waals surface area contributed by atoms with Crippen molar-refractivity contribution in [2.24, 2.45) is 0 Å². The minimum Gasteiger partial charge on any atom is -0.491 e. The van der Waals surface area contributed by atoms with Gasteiger partial charge in [-0.15, -0.1) is 0 Å². The molecule has 4 nitrogen and oxygen atoms in total. The molecule has 4 heteroatoms. The Morgan fingerprint density at radius 1 is 1.30 bits per heavy atom. The highest BCUT2D eigenvalue weighted by atomic mass is 16.5. The molecule has 1 aromatic rings. The second-order valence-corrected chi connectivity index (χ2v) is 5.49. The van der Waals surface area contributed by atoms with Crippen LogP contribution in [0.4, 0.5) is 0 Å². The normalized spacial score (nSPS) is 17.1. The lowest BCUT2D eigenvalue weighted by Gasteiger charge is -2.35. The Kier molecular flexibility index (Phi) is 5.40. The molecule has 0 N–H and O–H groups in total. The maximum atomic E-state index is 9.00. The molecular formula is C16H23N3O. The Balaban J connectivity index is 1.73. The molecule has 1 fully saturated rings. The lowest BCUT2D eigenvalue weighted by Crippen LogP contribution is -2.43. The number of ether oxygens (including phenoxy) is 1. The molecule has 0 bridgehead atoms. The van der Waals surface area contributed by atoms with Gasteiger partial charge >= 0.3 is 0 Å².